The summed E-state index contributed by atoms with van der Waals surface area (Å²) in [5.74, 6) is 0.104. The molecule has 2 heterocycles. The predicted octanol–water partition coefficient (Wildman–Crippen LogP) is 1.25. The number of nitrogens with zero attached hydrogens (tertiary/aromatic N) is 1. The van der Waals surface area contributed by atoms with Crippen LogP contribution < -0.4 is 0 Å². The Morgan fingerprint density at radius 1 is 1.56 bits per heavy atom. The highest BCUT2D eigenvalue weighted by Gasteiger charge is 2.50. The van der Waals surface area contributed by atoms with Crippen molar-refractivity contribution in [2.75, 3.05) is 32.9 Å². The number of hydrogen-bond donors (Lipinski definition) is 1. The van der Waals surface area contributed by atoms with Gasteiger partial charge in [0.15, 0.2) is 0 Å². The highest BCUT2D eigenvalue weighted by Crippen LogP contribution is 2.42. The smallest absolute Gasteiger partial charge is 0.410 e. The van der Waals surface area contributed by atoms with Crippen molar-refractivity contribution < 1.29 is 19.4 Å². The van der Waals surface area contributed by atoms with Gasteiger partial charge in [-0.15, -0.1) is 0 Å². The molecule has 2 fully saturated rings. The first-order valence-corrected chi connectivity index (χ1v) is 6.53. The van der Waals surface area contributed by atoms with Crippen LogP contribution in [0.15, 0.2) is 0 Å². The molecule has 2 rings (SSSR count). The van der Waals surface area contributed by atoms with Crippen molar-refractivity contribution in [2.24, 2.45) is 11.3 Å². The molecule has 0 aromatic heterocycles. The maximum absolute atomic E-state index is 12.0. The van der Waals surface area contributed by atoms with Crippen molar-refractivity contribution in [1.29, 1.82) is 0 Å². The molecule has 5 heteroatoms. The third kappa shape index (κ3) is 2.62. The molecule has 1 amide bonds. The Labute approximate surface area is 108 Å². The van der Waals surface area contributed by atoms with Gasteiger partial charge < -0.3 is 19.5 Å². The molecule has 0 aromatic carbocycles. The van der Waals surface area contributed by atoms with Crippen molar-refractivity contribution in [1.82, 2.24) is 4.90 Å². The van der Waals surface area contributed by atoms with Crippen LogP contribution in [0.1, 0.15) is 27.2 Å². The first kappa shape index (κ1) is 13.6. The number of amides is 1. The minimum absolute atomic E-state index is 0.0638. The second-order valence-electron chi connectivity index (χ2n) is 6.41. The number of aliphatic hydroxyl groups is 1. The van der Waals surface area contributed by atoms with Crippen molar-refractivity contribution in [3.63, 3.8) is 0 Å². The molecule has 1 spiro atoms. The molecular formula is C13H23NO4. The fraction of sp³-hybridized carbons (Fsp3) is 0.923. The normalized spacial score (nSPS) is 32.2. The summed E-state index contributed by atoms with van der Waals surface area (Å²) in [7, 11) is 0. The van der Waals surface area contributed by atoms with E-state index in [1.54, 1.807) is 4.90 Å². The molecule has 1 N–H and O–H groups in total. The largest absolute Gasteiger partial charge is 0.444 e. The van der Waals surface area contributed by atoms with Gasteiger partial charge in [0.05, 0.1) is 6.61 Å². The van der Waals surface area contributed by atoms with E-state index >= 15 is 0 Å². The number of carbonyl (C=O) groups excluding carboxylic acids is 1. The number of aliphatic hydroxyl groups excluding tert-OH is 1. The topological polar surface area (TPSA) is 59.0 Å². The van der Waals surface area contributed by atoms with Crippen LogP contribution >= 0.6 is 0 Å². The summed E-state index contributed by atoms with van der Waals surface area (Å²) >= 11 is 0. The lowest BCUT2D eigenvalue weighted by molar-refractivity contribution is 0.0269. The van der Waals surface area contributed by atoms with Crippen LogP contribution in [0.25, 0.3) is 0 Å². The Kier molecular flexibility index (Phi) is 3.56. The number of ether oxygens (including phenoxy) is 2. The molecule has 0 aromatic rings. The number of carbonyl (C=O) groups is 1. The van der Waals surface area contributed by atoms with Gasteiger partial charge in [-0.05, 0) is 27.2 Å². The lowest BCUT2D eigenvalue weighted by Crippen LogP contribution is -2.37. The Morgan fingerprint density at radius 2 is 2.28 bits per heavy atom. The van der Waals surface area contributed by atoms with Crippen LogP contribution in [0.2, 0.25) is 0 Å². The van der Waals surface area contributed by atoms with E-state index in [1.165, 1.54) is 0 Å². The van der Waals surface area contributed by atoms with Crippen LogP contribution in [0.5, 0.6) is 0 Å². The predicted molar refractivity (Wildman–Crippen MR) is 66.3 cm³/mol. The van der Waals surface area contributed by atoms with Gasteiger partial charge in [0.25, 0.3) is 0 Å². The summed E-state index contributed by atoms with van der Waals surface area (Å²) in [5, 5.41) is 9.49. The molecule has 0 radical (unpaired) electrons. The summed E-state index contributed by atoms with van der Waals surface area (Å²) in [6.45, 7) is 8.23. The van der Waals surface area contributed by atoms with Gasteiger partial charge in [-0.3, -0.25) is 0 Å². The van der Waals surface area contributed by atoms with Gasteiger partial charge >= 0.3 is 6.09 Å². The number of likely N-dealkylation sites (tertiary alicyclic amines) is 1. The molecule has 5 nitrogen and oxygen atoms in total. The summed E-state index contributed by atoms with van der Waals surface area (Å²) in [6, 6.07) is 0. The minimum atomic E-state index is -0.478. The second-order valence-corrected chi connectivity index (χ2v) is 6.41. The minimum Gasteiger partial charge on any atom is -0.444 e. The third-order valence-corrected chi connectivity index (χ3v) is 3.82. The highest BCUT2D eigenvalue weighted by atomic mass is 16.6. The van der Waals surface area contributed by atoms with Crippen LogP contribution in [0, 0.1) is 11.3 Å². The zero-order valence-electron chi connectivity index (χ0n) is 11.4. The fourth-order valence-electron chi connectivity index (χ4n) is 2.82. The van der Waals surface area contributed by atoms with Crippen molar-refractivity contribution in [3.8, 4) is 0 Å². The summed E-state index contributed by atoms with van der Waals surface area (Å²) in [5.41, 5.74) is -0.542. The maximum Gasteiger partial charge on any atom is 0.410 e. The van der Waals surface area contributed by atoms with Crippen molar-refractivity contribution in [2.45, 2.75) is 32.8 Å². The zero-order chi connectivity index (χ0) is 13.4. The van der Waals surface area contributed by atoms with E-state index in [-0.39, 0.29) is 24.0 Å². The van der Waals surface area contributed by atoms with E-state index in [1.807, 2.05) is 20.8 Å². The molecule has 2 unspecified atom stereocenters. The summed E-state index contributed by atoms with van der Waals surface area (Å²) < 4.78 is 10.8. The average molecular weight is 257 g/mol. The lowest BCUT2D eigenvalue weighted by atomic mass is 9.78. The van der Waals surface area contributed by atoms with E-state index in [4.69, 9.17) is 9.47 Å². The molecule has 104 valence electrons. The fourth-order valence-corrected chi connectivity index (χ4v) is 2.82. The Bertz CT molecular complexity index is 317. The van der Waals surface area contributed by atoms with E-state index in [2.05, 4.69) is 0 Å². The molecule has 0 aliphatic carbocycles. The first-order valence-electron chi connectivity index (χ1n) is 6.53. The second kappa shape index (κ2) is 4.70. The molecule has 2 saturated heterocycles. The van der Waals surface area contributed by atoms with E-state index < -0.39 is 5.60 Å². The highest BCUT2D eigenvalue weighted by molar-refractivity contribution is 5.68. The Balaban J connectivity index is 2.03. The lowest BCUT2D eigenvalue weighted by Gasteiger charge is -2.27. The molecule has 2 atom stereocenters. The quantitative estimate of drug-likeness (QED) is 0.768. The Morgan fingerprint density at radius 3 is 2.78 bits per heavy atom. The Hall–Kier alpha value is -0.810. The van der Waals surface area contributed by atoms with Gasteiger partial charge in [0.1, 0.15) is 5.60 Å². The molecule has 0 bridgehead atoms. The number of hydrogen-bond acceptors (Lipinski definition) is 4. The van der Waals surface area contributed by atoms with E-state index in [9.17, 15) is 9.90 Å². The van der Waals surface area contributed by atoms with Crippen LogP contribution in [-0.2, 0) is 9.47 Å². The van der Waals surface area contributed by atoms with Gasteiger partial charge in [-0.25, -0.2) is 4.79 Å². The third-order valence-electron chi connectivity index (χ3n) is 3.82. The summed E-state index contributed by atoms with van der Waals surface area (Å²) in [4.78, 5) is 13.8. The summed E-state index contributed by atoms with van der Waals surface area (Å²) in [6.07, 6.45) is 0.627. The first-order chi connectivity index (χ1) is 8.36. The molecule has 0 saturated carbocycles. The van der Waals surface area contributed by atoms with Gasteiger partial charge in [-0.2, -0.15) is 0 Å². The molecule has 2 aliphatic rings. The molecule has 2 aliphatic heterocycles. The van der Waals surface area contributed by atoms with Crippen molar-refractivity contribution in [3.05, 3.63) is 0 Å². The van der Waals surface area contributed by atoms with Crippen LogP contribution in [0.4, 0.5) is 4.79 Å². The molecular weight excluding hydrogens is 234 g/mol. The van der Waals surface area contributed by atoms with Gasteiger partial charge in [0.2, 0.25) is 0 Å². The number of rotatable bonds is 1. The maximum atomic E-state index is 12.0. The van der Waals surface area contributed by atoms with Gasteiger partial charge in [0, 0.05) is 37.6 Å². The van der Waals surface area contributed by atoms with E-state index in [0.29, 0.717) is 19.7 Å². The van der Waals surface area contributed by atoms with Crippen LogP contribution in [-0.4, -0.2) is 54.6 Å². The monoisotopic (exact) mass is 257 g/mol. The zero-order valence-corrected chi connectivity index (χ0v) is 11.4. The standard InChI is InChI=1S/C13H23NO4/c1-12(2,3)18-11(16)14-6-10(7-15)13(8-14)4-5-17-9-13/h10,15H,4-9H2,1-3H3. The molecule has 18 heavy (non-hydrogen) atoms. The average Bonchev–Trinajstić information content (AvgIpc) is 2.85. The SMILES string of the molecule is CC(C)(C)OC(=O)N1CC(CO)C2(CCOC2)C1. The van der Waals surface area contributed by atoms with Crippen LogP contribution in [0.3, 0.4) is 0 Å². The van der Waals surface area contributed by atoms with Gasteiger partial charge in [-0.1, -0.05) is 0 Å². The van der Waals surface area contributed by atoms with Crippen molar-refractivity contribution >= 4 is 6.09 Å². The van der Waals surface area contributed by atoms with E-state index in [0.717, 1.165) is 13.0 Å².